The van der Waals surface area contributed by atoms with Crippen molar-refractivity contribution < 1.29 is 14.5 Å². The van der Waals surface area contributed by atoms with Crippen LogP contribution in [0.1, 0.15) is 53.4 Å². The topological polar surface area (TPSA) is 103 Å². The number of nitriles is 1. The van der Waals surface area contributed by atoms with Crippen molar-refractivity contribution in [2.75, 3.05) is 0 Å². The van der Waals surface area contributed by atoms with E-state index in [9.17, 15) is 10.0 Å². The predicted octanol–water partition coefficient (Wildman–Crippen LogP) is 2.62. The molecule has 2 aliphatic heterocycles. The van der Waals surface area contributed by atoms with Crippen LogP contribution in [-0.2, 0) is 9.32 Å². The fourth-order valence-electron chi connectivity index (χ4n) is 3.15. The number of carbonyl (C=O) groups excluding carboxylic acids is 1. The van der Waals surface area contributed by atoms with E-state index in [0.29, 0.717) is 6.42 Å². The highest BCUT2D eigenvalue weighted by Gasteiger charge is 2.43. The molecule has 2 rings (SSSR count). The predicted molar refractivity (Wildman–Crippen MR) is 98.9 cm³/mol. The van der Waals surface area contributed by atoms with E-state index in [1.165, 1.54) is 0 Å². The van der Waals surface area contributed by atoms with E-state index < -0.39 is 20.3 Å². The van der Waals surface area contributed by atoms with Crippen LogP contribution in [0, 0.1) is 11.3 Å². The highest BCUT2D eigenvalue weighted by atomic mass is 28.4. The minimum absolute atomic E-state index is 0.0146. The molecule has 0 radical (unpaired) electrons. The molecule has 0 aromatic rings. The molecule has 0 bridgehead atoms. The van der Waals surface area contributed by atoms with E-state index in [1.54, 1.807) is 0 Å². The van der Waals surface area contributed by atoms with Crippen LogP contribution in [0.25, 0.3) is 0 Å². The highest BCUT2D eigenvalue weighted by Crippen LogP contribution is 2.34. The van der Waals surface area contributed by atoms with Gasteiger partial charge in [0.15, 0.2) is 0 Å². The summed E-state index contributed by atoms with van der Waals surface area (Å²) in [5, 5.41) is 21.4. The van der Waals surface area contributed by atoms with Gasteiger partial charge in [-0.15, -0.1) is 0 Å². The number of hydrogen-bond acceptors (Lipinski definition) is 6. The molecule has 0 saturated carbocycles. The molecule has 2 heterocycles. The monoisotopic (exact) mass is 370 g/mol. The summed E-state index contributed by atoms with van der Waals surface area (Å²) in [6.07, 6.45) is 3.42. The van der Waals surface area contributed by atoms with E-state index in [4.69, 9.17) is 15.5 Å². The molecule has 7 nitrogen and oxygen atoms in total. The fraction of sp³-hybridized carbons (Fsp3) is 0.882. The van der Waals surface area contributed by atoms with Gasteiger partial charge in [-0.05, 0) is 73.0 Å². The van der Waals surface area contributed by atoms with E-state index >= 15 is 0 Å². The van der Waals surface area contributed by atoms with E-state index in [0.717, 1.165) is 24.3 Å². The number of hydrogen-bond donors (Lipinski definition) is 2. The first-order valence-corrected chi connectivity index (χ1v) is 12.3. The molecule has 2 saturated heterocycles. The van der Waals surface area contributed by atoms with Gasteiger partial charge in [0.1, 0.15) is 12.1 Å². The van der Waals surface area contributed by atoms with Crippen LogP contribution in [0.5, 0.6) is 0 Å². The average molecular weight is 371 g/mol. The van der Waals surface area contributed by atoms with Crippen LogP contribution in [0.4, 0.5) is 0 Å². The number of nitrogens with two attached hydrogens (primary N) is 1. The summed E-state index contributed by atoms with van der Waals surface area (Å²) in [5.74, 6) is -0.446. The Bertz CT molecular complexity index is 525. The molecule has 0 aromatic carbocycles. The normalized spacial score (nSPS) is 28.9. The van der Waals surface area contributed by atoms with Crippen molar-refractivity contribution in [3.05, 3.63) is 0 Å². The number of rotatable bonds is 3. The van der Waals surface area contributed by atoms with Crippen LogP contribution < -0.4 is 5.73 Å². The zero-order chi connectivity index (χ0) is 19.6. The molecule has 2 aliphatic rings. The second kappa shape index (κ2) is 7.72. The molecule has 144 valence electrons. The molecule has 3 N–H and O–H groups in total. The molecule has 0 aliphatic carbocycles. The number of amides is 1. The molecule has 25 heavy (non-hydrogen) atoms. The Morgan fingerprint density at radius 2 is 1.72 bits per heavy atom. The van der Waals surface area contributed by atoms with Gasteiger partial charge < -0.3 is 15.5 Å². The van der Waals surface area contributed by atoms with Gasteiger partial charge in [0, 0.05) is 11.1 Å². The SMILES string of the molecule is CC1(C)CCC(C#N)N1O[Si](C)(C)C.CC1(C)CCC(C(N)=O)N1O. The molecule has 0 spiro atoms. The second-order valence-corrected chi connectivity index (χ2v) is 13.5. The summed E-state index contributed by atoms with van der Waals surface area (Å²) in [5.41, 5.74) is 4.78. The van der Waals surface area contributed by atoms with Crippen molar-refractivity contribution in [2.24, 2.45) is 5.73 Å². The Morgan fingerprint density at radius 3 is 2.04 bits per heavy atom. The summed E-state index contributed by atoms with van der Waals surface area (Å²) < 4.78 is 5.97. The Kier molecular flexibility index (Phi) is 6.81. The van der Waals surface area contributed by atoms with Crippen LogP contribution in [0.3, 0.4) is 0 Å². The molecular weight excluding hydrogens is 336 g/mol. The molecule has 2 unspecified atom stereocenters. The zero-order valence-corrected chi connectivity index (χ0v) is 17.7. The smallest absolute Gasteiger partial charge is 0.237 e. The third-order valence-electron chi connectivity index (χ3n) is 4.70. The Hall–Kier alpha value is -0.983. The molecule has 1 amide bonds. The quantitative estimate of drug-likeness (QED) is 0.740. The lowest BCUT2D eigenvalue weighted by molar-refractivity contribution is -0.172. The van der Waals surface area contributed by atoms with Gasteiger partial charge in [-0.2, -0.15) is 15.4 Å². The number of nitrogens with zero attached hydrogens (tertiary/aromatic N) is 3. The van der Waals surface area contributed by atoms with Gasteiger partial charge in [0.05, 0.1) is 6.07 Å². The first-order chi connectivity index (χ1) is 11.2. The molecule has 8 heteroatoms. The minimum atomic E-state index is -1.59. The van der Waals surface area contributed by atoms with Gasteiger partial charge in [0.2, 0.25) is 14.2 Å². The van der Waals surface area contributed by atoms with E-state index in [2.05, 4.69) is 39.6 Å². The van der Waals surface area contributed by atoms with Crippen molar-refractivity contribution in [1.29, 1.82) is 5.26 Å². The number of hydroxylamine groups is 4. The molecule has 0 aromatic heterocycles. The Balaban J connectivity index is 0.000000257. The van der Waals surface area contributed by atoms with Crippen LogP contribution in [0.2, 0.25) is 19.6 Å². The first-order valence-electron chi connectivity index (χ1n) is 8.87. The summed E-state index contributed by atoms with van der Waals surface area (Å²) in [4.78, 5) is 10.7. The molecule has 2 atom stereocenters. The maximum Gasteiger partial charge on any atom is 0.237 e. The zero-order valence-electron chi connectivity index (χ0n) is 16.7. The Labute approximate surface area is 152 Å². The summed E-state index contributed by atoms with van der Waals surface area (Å²) in [6.45, 7) is 14.5. The third kappa shape index (κ3) is 5.76. The number of carbonyl (C=O) groups is 1. The van der Waals surface area contributed by atoms with Crippen LogP contribution >= 0.6 is 0 Å². The van der Waals surface area contributed by atoms with E-state index in [1.807, 2.05) is 18.9 Å². The van der Waals surface area contributed by atoms with Crippen molar-refractivity contribution in [1.82, 2.24) is 10.1 Å². The lowest BCUT2D eigenvalue weighted by Gasteiger charge is -2.37. The molecule has 2 fully saturated rings. The Morgan fingerprint density at radius 1 is 1.20 bits per heavy atom. The van der Waals surface area contributed by atoms with Crippen LogP contribution in [-0.4, -0.2) is 52.7 Å². The minimum Gasteiger partial charge on any atom is -0.368 e. The average Bonchev–Trinajstić information content (AvgIpc) is 2.87. The highest BCUT2D eigenvalue weighted by molar-refractivity contribution is 6.69. The van der Waals surface area contributed by atoms with Crippen molar-refractivity contribution in [3.8, 4) is 6.07 Å². The van der Waals surface area contributed by atoms with Crippen molar-refractivity contribution in [3.63, 3.8) is 0 Å². The summed E-state index contributed by atoms with van der Waals surface area (Å²) >= 11 is 0. The van der Waals surface area contributed by atoms with Crippen molar-refractivity contribution in [2.45, 2.75) is 96.2 Å². The van der Waals surface area contributed by atoms with Gasteiger partial charge in [-0.1, -0.05) is 0 Å². The summed E-state index contributed by atoms with van der Waals surface area (Å²) in [6, 6.07) is 1.76. The lowest BCUT2D eigenvalue weighted by Crippen LogP contribution is -2.48. The first kappa shape index (κ1) is 22.1. The van der Waals surface area contributed by atoms with Crippen LogP contribution in [0.15, 0.2) is 0 Å². The molecular formula is C17H34N4O3Si. The number of primary amides is 1. The van der Waals surface area contributed by atoms with Crippen molar-refractivity contribution >= 4 is 14.2 Å². The lowest BCUT2D eigenvalue weighted by atomic mass is 10.0. The van der Waals surface area contributed by atoms with Gasteiger partial charge in [0.25, 0.3) is 0 Å². The van der Waals surface area contributed by atoms with E-state index in [-0.39, 0.29) is 17.1 Å². The largest absolute Gasteiger partial charge is 0.368 e. The third-order valence-corrected chi connectivity index (χ3v) is 5.45. The van der Waals surface area contributed by atoms with Gasteiger partial charge in [-0.25, -0.2) is 0 Å². The van der Waals surface area contributed by atoms with Gasteiger partial charge in [-0.3, -0.25) is 4.79 Å². The van der Waals surface area contributed by atoms with Gasteiger partial charge >= 0.3 is 0 Å². The fourth-order valence-corrected chi connectivity index (χ4v) is 4.11. The summed E-state index contributed by atoms with van der Waals surface area (Å²) in [7, 11) is -1.59. The maximum atomic E-state index is 10.7. The second-order valence-electron chi connectivity index (χ2n) is 9.14. The maximum absolute atomic E-state index is 10.7. The standard InChI is InChI=1S/C10H20N2OSi.C7H14N2O2/c1-10(2)7-6-9(8-11)12(10)13-14(3,4)5;1-7(2)4-3-5(6(8)10)9(7)11/h9H,6-7H2,1-5H3;5,11H,3-4H2,1-2H3,(H2,8,10).